The van der Waals surface area contributed by atoms with E-state index in [2.05, 4.69) is 18.7 Å². The molecule has 19 heavy (non-hydrogen) atoms. The van der Waals surface area contributed by atoms with Gasteiger partial charge in [0.05, 0.1) is 18.8 Å². The summed E-state index contributed by atoms with van der Waals surface area (Å²) in [6.45, 7) is 6.26. The fourth-order valence-corrected chi connectivity index (χ4v) is 2.89. The van der Waals surface area contributed by atoms with Crippen molar-refractivity contribution >= 4 is 17.5 Å². The highest BCUT2D eigenvalue weighted by Crippen LogP contribution is 2.16. The summed E-state index contributed by atoms with van der Waals surface area (Å²) in [6, 6.07) is 7.84. The van der Waals surface area contributed by atoms with Gasteiger partial charge in [-0.05, 0) is 32.2 Å². The number of hydrogen-bond acceptors (Lipinski definition) is 4. The van der Waals surface area contributed by atoms with E-state index in [0.29, 0.717) is 6.54 Å². The summed E-state index contributed by atoms with van der Waals surface area (Å²) in [5.41, 5.74) is 0.796. The molecule has 1 aliphatic rings. The number of Topliss-reactive ketones (excluding diaryl/α,β-unsaturated/α-hetero) is 1. The predicted molar refractivity (Wildman–Crippen MR) is 79.0 cm³/mol. The maximum atomic E-state index is 12.2. The van der Waals surface area contributed by atoms with E-state index in [4.69, 9.17) is 4.74 Å². The molecule has 1 fully saturated rings. The van der Waals surface area contributed by atoms with Gasteiger partial charge in [0.25, 0.3) is 0 Å². The summed E-state index contributed by atoms with van der Waals surface area (Å²) in [5.74, 6) is 0.189. The minimum atomic E-state index is 0.189. The number of ether oxygens (including phenoxy) is 1. The highest BCUT2D eigenvalue weighted by atomic mass is 32.2. The van der Waals surface area contributed by atoms with Crippen molar-refractivity contribution in [3.63, 3.8) is 0 Å². The molecular formula is C15H21NO2S. The van der Waals surface area contributed by atoms with Crippen LogP contribution in [0.5, 0.6) is 0 Å². The lowest BCUT2D eigenvalue weighted by molar-refractivity contribution is -0.0652. The molecule has 0 saturated carbocycles. The Kier molecular flexibility index (Phi) is 5.02. The first kappa shape index (κ1) is 14.6. The quantitative estimate of drug-likeness (QED) is 0.626. The standard InChI is InChI=1S/C15H21NO2S/c1-11-8-16(9-12(2)18-11)10-15(17)13-4-6-14(19-3)7-5-13/h4-7,11-12H,8-10H2,1-3H3. The SMILES string of the molecule is CSc1ccc(C(=O)CN2CC(C)OC(C)C2)cc1. The predicted octanol–water partition coefficient (Wildman–Crippen LogP) is 2.70. The molecule has 2 unspecified atom stereocenters. The van der Waals surface area contributed by atoms with E-state index in [9.17, 15) is 4.79 Å². The number of nitrogens with zero attached hydrogens (tertiary/aromatic N) is 1. The molecule has 3 nitrogen and oxygen atoms in total. The molecule has 0 N–H and O–H groups in total. The Morgan fingerprint density at radius 2 is 1.84 bits per heavy atom. The van der Waals surface area contributed by atoms with Crippen molar-refractivity contribution in [2.75, 3.05) is 25.9 Å². The monoisotopic (exact) mass is 279 g/mol. The van der Waals surface area contributed by atoms with Gasteiger partial charge in [-0.3, -0.25) is 9.69 Å². The zero-order chi connectivity index (χ0) is 13.8. The molecule has 1 heterocycles. The summed E-state index contributed by atoms with van der Waals surface area (Å²) in [7, 11) is 0. The van der Waals surface area contributed by atoms with Gasteiger partial charge in [0.1, 0.15) is 0 Å². The Morgan fingerprint density at radius 1 is 1.26 bits per heavy atom. The average Bonchev–Trinajstić information content (AvgIpc) is 2.37. The van der Waals surface area contributed by atoms with Crippen molar-refractivity contribution in [3.8, 4) is 0 Å². The van der Waals surface area contributed by atoms with E-state index in [-0.39, 0.29) is 18.0 Å². The molecule has 104 valence electrons. The van der Waals surface area contributed by atoms with Crippen LogP contribution >= 0.6 is 11.8 Å². The Labute approximate surface area is 119 Å². The minimum Gasteiger partial charge on any atom is -0.373 e. The van der Waals surface area contributed by atoms with Crippen LogP contribution in [0.2, 0.25) is 0 Å². The Hall–Kier alpha value is -0.840. The molecule has 0 amide bonds. The van der Waals surface area contributed by atoms with Crippen LogP contribution in [0.3, 0.4) is 0 Å². The summed E-state index contributed by atoms with van der Waals surface area (Å²) in [5, 5.41) is 0. The Balaban J connectivity index is 1.96. The second kappa shape index (κ2) is 6.55. The Bertz CT molecular complexity index is 422. The third kappa shape index (κ3) is 4.06. The summed E-state index contributed by atoms with van der Waals surface area (Å²) < 4.78 is 5.68. The van der Waals surface area contributed by atoms with Gasteiger partial charge in [0.15, 0.2) is 5.78 Å². The van der Waals surface area contributed by atoms with Crippen LogP contribution in [0.15, 0.2) is 29.2 Å². The zero-order valence-corrected chi connectivity index (χ0v) is 12.6. The van der Waals surface area contributed by atoms with Crippen LogP contribution < -0.4 is 0 Å². The number of carbonyl (C=O) groups excluding carboxylic acids is 1. The number of thioether (sulfide) groups is 1. The number of carbonyl (C=O) groups is 1. The van der Waals surface area contributed by atoms with Gasteiger partial charge in [0, 0.05) is 23.5 Å². The first-order valence-corrected chi connectivity index (χ1v) is 7.86. The lowest BCUT2D eigenvalue weighted by Crippen LogP contribution is -2.47. The fourth-order valence-electron chi connectivity index (χ4n) is 2.48. The molecule has 1 aliphatic heterocycles. The number of morpholine rings is 1. The van der Waals surface area contributed by atoms with Crippen LogP contribution in [0.25, 0.3) is 0 Å². The van der Waals surface area contributed by atoms with Crippen molar-refractivity contribution in [1.29, 1.82) is 0 Å². The summed E-state index contributed by atoms with van der Waals surface area (Å²) in [6.07, 6.45) is 2.44. The van der Waals surface area contributed by atoms with Crippen molar-refractivity contribution in [3.05, 3.63) is 29.8 Å². The molecule has 1 aromatic rings. The van der Waals surface area contributed by atoms with Gasteiger partial charge >= 0.3 is 0 Å². The van der Waals surface area contributed by atoms with E-state index < -0.39 is 0 Å². The van der Waals surface area contributed by atoms with Crippen molar-refractivity contribution in [2.45, 2.75) is 31.0 Å². The molecule has 2 rings (SSSR count). The van der Waals surface area contributed by atoms with Gasteiger partial charge < -0.3 is 4.74 Å². The largest absolute Gasteiger partial charge is 0.373 e. The highest BCUT2D eigenvalue weighted by molar-refractivity contribution is 7.98. The number of ketones is 1. The Morgan fingerprint density at radius 3 is 2.37 bits per heavy atom. The van der Waals surface area contributed by atoms with Gasteiger partial charge in [0.2, 0.25) is 0 Å². The minimum absolute atomic E-state index is 0.189. The van der Waals surface area contributed by atoms with Crippen LogP contribution in [0.1, 0.15) is 24.2 Å². The number of hydrogen-bond donors (Lipinski definition) is 0. The van der Waals surface area contributed by atoms with Crippen LogP contribution in [-0.4, -0.2) is 48.8 Å². The van der Waals surface area contributed by atoms with Crippen LogP contribution in [0, 0.1) is 0 Å². The molecule has 1 saturated heterocycles. The third-order valence-corrected chi connectivity index (χ3v) is 4.02. The van der Waals surface area contributed by atoms with Crippen LogP contribution in [-0.2, 0) is 4.74 Å². The lowest BCUT2D eigenvalue weighted by atomic mass is 10.1. The summed E-state index contributed by atoms with van der Waals surface area (Å²) in [4.78, 5) is 15.6. The first-order valence-electron chi connectivity index (χ1n) is 6.63. The highest BCUT2D eigenvalue weighted by Gasteiger charge is 2.23. The van der Waals surface area contributed by atoms with Crippen LogP contribution in [0.4, 0.5) is 0 Å². The molecule has 4 heteroatoms. The second-order valence-corrected chi connectivity index (χ2v) is 5.98. The van der Waals surface area contributed by atoms with Gasteiger partial charge in [-0.2, -0.15) is 0 Å². The zero-order valence-electron chi connectivity index (χ0n) is 11.8. The lowest BCUT2D eigenvalue weighted by Gasteiger charge is -2.34. The molecule has 0 bridgehead atoms. The van der Waals surface area contributed by atoms with Gasteiger partial charge in [-0.1, -0.05) is 12.1 Å². The normalized spacial score (nSPS) is 24.4. The van der Waals surface area contributed by atoms with E-state index in [1.807, 2.05) is 30.5 Å². The molecule has 2 atom stereocenters. The smallest absolute Gasteiger partial charge is 0.176 e. The van der Waals surface area contributed by atoms with Crippen molar-refractivity contribution < 1.29 is 9.53 Å². The van der Waals surface area contributed by atoms with Crippen molar-refractivity contribution in [1.82, 2.24) is 4.90 Å². The third-order valence-electron chi connectivity index (χ3n) is 3.27. The molecule has 0 aromatic heterocycles. The molecule has 0 radical (unpaired) electrons. The second-order valence-electron chi connectivity index (χ2n) is 5.10. The average molecular weight is 279 g/mol. The number of rotatable bonds is 4. The fraction of sp³-hybridized carbons (Fsp3) is 0.533. The first-order chi connectivity index (χ1) is 9.08. The van der Waals surface area contributed by atoms with Gasteiger partial charge in [-0.15, -0.1) is 11.8 Å². The topological polar surface area (TPSA) is 29.5 Å². The van der Waals surface area contributed by atoms with E-state index in [0.717, 1.165) is 18.7 Å². The van der Waals surface area contributed by atoms with E-state index in [1.54, 1.807) is 11.8 Å². The maximum Gasteiger partial charge on any atom is 0.176 e. The molecule has 0 aliphatic carbocycles. The summed E-state index contributed by atoms with van der Waals surface area (Å²) >= 11 is 1.69. The molecule has 1 aromatic carbocycles. The molecular weight excluding hydrogens is 258 g/mol. The van der Waals surface area contributed by atoms with E-state index >= 15 is 0 Å². The van der Waals surface area contributed by atoms with Crippen molar-refractivity contribution in [2.24, 2.45) is 0 Å². The maximum absolute atomic E-state index is 12.2. The molecule has 0 spiro atoms. The number of benzene rings is 1. The van der Waals surface area contributed by atoms with E-state index in [1.165, 1.54) is 4.90 Å². The van der Waals surface area contributed by atoms with Gasteiger partial charge in [-0.25, -0.2) is 0 Å².